The first-order valence-corrected chi connectivity index (χ1v) is 5.59. The smallest absolute Gasteiger partial charge is 0.303 e. The van der Waals surface area contributed by atoms with E-state index in [0.29, 0.717) is 18.8 Å². The van der Waals surface area contributed by atoms with Crippen molar-refractivity contribution in [3.05, 3.63) is 11.8 Å². The van der Waals surface area contributed by atoms with Crippen LogP contribution in [0.15, 0.2) is 6.07 Å². The van der Waals surface area contributed by atoms with Crippen LogP contribution in [0.3, 0.4) is 0 Å². The summed E-state index contributed by atoms with van der Waals surface area (Å²) in [5, 5.41) is 15.4. The summed E-state index contributed by atoms with van der Waals surface area (Å²) >= 11 is 0. The van der Waals surface area contributed by atoms with Gasteiger partial charge in [0.2, 0.25) is 5.91 Å². The van der Waals surface area contributed by atoms with Gasteiger partial charge in [0.05, 0.1) is 5.69 Å². The van der Waals surface area contributed by atoms with Crippen LogP contribution in [0.5, 0.6) is 0 Å². The third-order valence-electron chi connectivity index (χ3n) is 2.26. The van der Waals surface area contributed by atoms with Crippen LogP contribution in [0.1, 0.15) is 31.9 Å². The topological polar surface area (TPSA) is 84.2 Å². The number of anilines is 1. The molecule has 94 valence electrons. The highest BCUT2D eigenvalue weighted by Crippen LogP contribution is 2.10. The molecule has 17 heavy (non-hydrogen) atoms. The summed E-state index contributed by atoms with van der Waals surface area (Å²) in [7, 11) is 0. The van der Waals surface area contributed by atoms with Gasteiger partial charge in [0.1, 0.15) is 5.82 Å². The summed E-state index contributed by atoms with van der Waals surface area (Å²) in [6, 6.07) is 1.79. The molecule has 0 aliphatic rings. The standard InChI is InChI=1S/C11H17N3O3/c1-3-14-9(7-8(2)13-14)12-10(15)5-4-6-11(16)17/h7H,3-6H2,1-2H3,(H,12,15)(H,16,17). The van der Waals surface area contributed by atoms with Gasteiger partial charge in [0.25, 0.3) is 0 Å². The molecule has 0 saturated carbocycles. The Hall–Kier alpha value is -1.85. The van der Waals surface area contributed by atoms with Crippen molar-refractivity contribution in [2.45, 2.75) is 39.7 Å². The van der Waals surface area contributed by atoms with Crippen LogP contribution in [-0.2, 0) is 16.1 Å². The van der Waals surface area contributed by atoms with Gasteiger partial charge in [0.15, 0.2) is 0 Å². The average Bonchev–Trinajstić information content (AvgIpc) is 2.58. The predicted octanol–water partition coefficient (Wildman–Crippen LogP) is 1.40. The van der Waals surface area contributed by atoms with Crippen molar-refractivity contribution in [1.29, 1.82) is 0 Å². The van der Waals surface area contributed by atoms with E-state index in [1.807, 2.05) is 13.8 Å². The minimum absolute atomic E-state index is 0.0134. The van der Waals surface area contributed by atoms with E-state index in [1.54, 1.807) is 10.7 Å². The van der Waals surface area contributed by atoms with Crippen LogP contribution in [0.4, 0.5) is 5.82 Å². The van der Waals surface area contributed by atoms with Crippen LogP contribution >= 0.6 is 0 Å². The number of carbonyl (C=O) groups excluding carboxylic acids is 1. The fourth-order valence-corrected chi connectivity index (χ4v) is 1.49. The number of aryl methyl sites for hydroxylation is 2. The Bertz CT molecular complexity index is 412. The predicted molar refractivity (Wildman–Crippen MR) is 62.8 cm³/mol. The maximum absolute atomic E-state index is 11.5. The van der Waals surface area contributed by atoms with Crippen molar-refractivity contribution in [2.24, 2.45) is 0 Å². The molecule has 0 aromatic carbocycles. The van der Waals surface area contributed by atoms with Gasteiger partial charge in [-0.05, 0) is 20.3 Å². The van der Waals surface area contributed by atoms with E-state index >= 15 is 0 Å². The van der Waals surface area contributed by atoms with E-state index in [9.17, 15) is 9.59 Å². The van der Waals surface area contributed by atoms with Crippen LogP contribution in [0.2, 0.25) is 0 Å². The molecule has 2 N–H and O–H groups in total. The van der Waals surface area contributed by atoms with Crippen LogP contribution < -0.4 is 5.32 Å². The van der Waals surface area contributed by atoms with E-state index in [4.69, 9.17) is 5.11 Å². The zero-order valence-corrected chi connectivity index (χ0v) is 10.1. The minimum atomic E-state index is -0.882. The largest absolute Gasteiger partial charge is 0.481 e. The molecule has 0 atom stereocenters. The number of aromatic nitrogens is 2. The van der Waals surface area contributed by atoms with E-state index < -0.39 is 5.97 Å². The third-order valence-corrected chi connectivity index (χ3v) is 2.26. The molecule has 1 amide bonds. The molecule has 0 fully saturated rings. The van der Waals surface area contributed by atoms with Crippen molar-refractivity contribution >= 4 is 17.7 Å². The van der Waals surface area contributed by atoms with Crippen molar-refractivity contribution in [1.82, 2.24) is 9.78 Å². The van der Waals surface area contributed by atoms with Crippen molar-refractivity contribution in [3.8, 4) is 0 Å². The summed E-state index contributed by atoms with van der Waals surface area (Å²) in [6.07, 6.45) is 0.570. The molecular weight excluding hydrogens is 222 g/mol. The zero-order valence-electron chi connectivity index (χ0n) is 10.1. The minimum Gasteiger partial charge on any atom is -0.481 e. The molecule has 1 aromatic rings. The molecule has 6 heteroatoms. The van der Waals surface area contributed by atoms with Crippen molar-refractivity contribution in [2.75, 3.05) is 5.32 Å². The molecule has 6 nitrogen and oxygen atoms in total. The van der Waals surface area contributed by atoms with Crippen molar-refractivity contribution in [3.63, 3.8) is 0 Å². The first-order chi connectivity index (χ1) is 8.02. The lowest BCUT2D eigenvalue weighted by molar-refractivity contribution is -0.137. The monoisotopic (exact) mass is 239 g/mol. The molecule has 0 unspecified atom stereocenters. The molecule has 0 radical (unpaired) electrons. The Morgan fingerprint density at radius 1 is 1.47 bits per heavy atom. The second-order valence-corrected chi connectivity index (χ2v) is 3.78. The molecule has 1 aromatic heterocycles. The van der Waals surface area contributed by atoms with Gasteiger partial charge < -0.3 is 10.4 Å². The van der Waals surface area contributed by atoms with Gasteiger partial charge in [-0.1, -0.05) is 0 Å². The fourth-order valence-electron chi connectivity index (χ4n) is 1.49. The second kappa shape index (κ2) is 6.03. The number of hydrogen-bond donors (Lipinski definition) is 2. The number of amides is 1. The van der Waals surface area contributed by atoms with Crippen LogP contribution in [-0.4, -0.2) is 26.8 Å². The number of rotatable bonds is 6. The third kappa shape index (κ3) is 4.26. The maximum Gasteiger partial charge on any atom is 0.303 e. The number of carbonyl (C=O) groups is 2. The highest BCUT2D eigenvalue weighted by atomic mass is 16.4. The SMILES string of the molecule is CCn1nc(C)cc1NC(=O)CCCC(=O)O. The lowest BCUT2D eigenvalue weighted by Crippen LogP contribution is -2.15. The lowest BCUT2D eigenvalue weighted by atomic mass is 10.2. The summed E-state index contributed by atoms with van der Waals surface area (Å²) in [6.45, 7) is 4.47. The summed E-state index contributed by atoms with van der Waals surface area (Å²) in [4.78, 5) is 21.8. The van der Waals surface area contributed by atoms with E-state index in [1.165, 1.54) is 0 Å². The molecular formula is C11H17N3O3. The van der Waals surface area contributed by atoms with Crippen LogP contribution in [0.25, 0.3) is 0 Å². The molecule has 0 bridgehead atoms. The number of carboxylic acids is 1. The number of aliphatic carboxylic acids is 1. The number of nitrogens with zero attached hydrogens (tertiary/aromatic N) is 2. The van der Waals surface area contributed by atoms with Crippen molar-refractivity contribution < 1.29 is 14.7 Å². The lowest BCUT2D eigenvalue weighted by Gasteiger charge is -2.06. The maximum atomic E-state index is 11.5. The molecule has 0 saturated heterocycles. The van der Waals surface area contributed by atoms with Gasteiger partial charge >= 0.3 is 5.97 Å². The van der Waals surface area contributed by atoms with Gasteiger partial charge in [-0.15, -0.1) is 0 Å². The fraction of sp³-hybridized carbons (Fsp3) is 0.545. The Morgan fingerprint density at radius 3 is 2.76 bits per heavy atom. The average molecular weight is 239 g/mol. The van der Waals surface area contributed by atoms with Gasteiger partial charge in [0, 0.05) is 25.5 Å². The first kappa shape index (κ1) is 13.2. The Labute approximate surface area is 99.6 Å². The van der Waals surface area contributed by atoms with E-state index in [-0.39, 0.29) is 18.7 Å². The molecule has 0 spiro atoms. The Balaban J connectivity index is 2.47. The normalized spacial score (nSPS) is 10.2. The van der Waals surface area contributed by atoms with E-state index in [0.717, 1.165) is 5.69 Å². The molecule has 0 aliphatic heterocycles. The molecule has 0 aliphatic carbocycles. The molecule has 1 heterocycles. The summed E-state index contributed by atoms with van der Waals surface area (Å²) in [5.41, 5.74) is 0.840. The first-order valence-electron chi connectivity index (χ1n) is 5.59. The quantitative estimate of drug-likeness (QED) is 0.786. The number of hydrogen-bond acceptors (Lipinski definition) is 3. The highest BCUT2D eigenvalue weighted by Gasteiger charge is 2.08. The zero-order chi connectivity index (χ0) is 12.8. The van der Waals surface area contributed by atoms with Gasteiger partial charge in [-0.3, -0.25) is 9.59 Å². The van der Waals surface area contributed by atoms with E-state index in [2.05, 4.69) is 10.4 Å². The molecule has 1 rings (SSSR count). The number of nitrogens with one attached hydrogen (secondary N) is 1. The van der Waals surface area contributed by atoms with Gasteiger partial charge in [-0.25, -0.2) is 4.68 Å². The second-order valence-electron chi connectivity index (χ2n) is 3.78. The van der Waals surface area contributed by atoms with Gasteiger partial charge in [-0.2, -0.15) is 5.10 Å². The summed E-state index contributed by atoms with van der Waals surface area (Å²) in [5.74, 6) is -0.404. The Morgan fingerprint density at radius 2 is 2.18 bits per heavy atom. The summed E-state index contributed by atoms with van der Waals surface area (Å²) < 4.78 is 1.70. The van der Waals surface area contributed by atoms with Crippen LogP contribution in [0, 0.1) is 6.92 Å². The Kier molecular flexibility index (Phi) is 4.68. The highest BCUT2D eigenvalue weighted by molar-refractivity contribution is 5.90. The number of carboxylic acid groups (broad SMARTS) is 1.